The molecule has 0 aliphatic carbocycles. The van der Waals surface area contributed by atoms with E-state index in [4.69, 9.17) is 34.8 Å². The molecule has 0 radical (unpaired) electrons. The van der Waals surface area contributed by atoms with Crippen LogP contribution in [0, 0.1) is 0 Å². The predicted molar refractivity (Wildman–Crippen MR) is 112 cm³/mol. The van der Waals surface area contributed by atoms with Gasteiger partial charge in [-0.3, -0.25) is 15.0 Å². The normalized spacial score (nSPS) is 18.0. The van der Waals surface area contributed by atoms with Crippen LogP contribution in [0.25, 0.3) is 17.1 Å². The number of hydrogen-bond acceptors (Lipinski definition) is 5. The third-order valence-corrected chi connectivity index (χ3v) is 5.43. The molecular weight excluding hydrogens is 411 g/mol. The van der Waals surface area contributed by atoms with Gasteiger partial charge in [-0.25, -0.2) is 0 Å². The molecule has 1 aromatic heterocycles. The van der Waals surface area contributed by atoms with E-state index < -0.39 is 0 Å². The number of thioether (sulfide) groups is 1. The Morgan fingerprint density at radius 3 is 2.46 bits per heavy atom. The van der Waals surface area contributed by atoms with Crippen LogP contribution in [0.1, 0.15) is 5.56 Å². The van der Waals surface area contributed by atoms with Crippen molar-refractivity contribution in [3.05, 3.63) is 68.3 Å². The van der Waals surface area contributed by atoms with Crippen LogP contribution in [-0.4, -0.2) is 21.7 Å². The van der Waals surface area contributed by atoms with Crippen LogP contribution in [-0.2, 0) is 0 Å². The summed E-state index contributed by atoms with van der Waals surface area (Å²) in [6.07, 6.45) is 7.24. The molecule has 2 aromatic carbocycles. The van der Waals surface area contributed by atoms with E-state index in [1.54, 1.807) is 36.3 Å². The van der Waals surface area contributed by atoms with Gasteiger partial charge in [-0.15, -0.1) is 0 Å². The van der Waals surface area contributed by atoms with Gasteiger partial charge in [0.1, 0.15) is 0 Å². The first-order valence-electron chi connectivity index (χ1n) is 7.62. The lowest BCUT2D eigenvalue weighted by atomic mass is 10.2. The molecule has 0 saturated heterocycles. The maximum absolute atomic E-state index is 6.21. The fraction of sp³-hybridized carbons (Fsp3) is 0.0556. The average molecular weight is 422 g/mol. The second-order valence-electron chi connectivity index (χ2n) is 5.49. The van der Waals surface area contributed by atoms with Crippen molar-refractivity contribution in [2.75, 3.05) is 5.32 Å². The minimum Gasteiger partial charge on any atom is -0.353 e. The first kappa shape index (κ1) is 17.6. The number of nitrogens with zero attached hydrogens (tertiary/aromatic N) is 3. The van der Waals surface area contributed by atoms with E-state index in [1.807, 2.05) is 24.4 Å². The second-order valence-corrected chi connectivity index (χ2v) is 7.89. The van der Waals surface area contributed by atoms with E-state index in [0.29, 0.717) is 20.8 Å². The number of aromatic nitrogens is 2. The number of rotatable bonds is 3. The topological polar surface area (TPSA) is 50.2 Å². The molecule has 4 nitrogen and oxygen atoms in total. The summed E-state index contributed by atoms with van der Waals surface area (Å²) < 4.78 is 0. The molecule has 1 atom stereocenters. The quantitative estimate of drug-likeness (QED) is 0.551. The molecule has 1 unspecified atom stereocenters. The fourth-order valence-corrected chi connectivity index (χ4v) is 4.32. The first-order valence-corrected chi connectivity index (χ1v) is 9.63. The molecule has 0 amide bonds. The van der Waals surface area contributed by atoms with Crippen LogP contribution in [0.3, 0.4) is 0 Å². The van der Waals surface area contributed by atoms with Crippen molar-refractivity contribution in [3.8, 4) is 0 Å². The van der Waals surface area contributed by atoms with Gasteiger partial charge in [-0.2, -0.15) is 0 Å². The summed E-state index contributed by atoms with van der Waals surface area (Å²) in [4.78, 5) is 14.1. The molecule has 26 heavy (non-hydrogen) atoms. The maximum atomic E-state index is 6.21. The molecule has 4 rings (SSSR count). The summed E-state index contributed by atoms with van der Waals surface area (Å²) >= 11 is 19.9. The third kappa shape index (κ3) is 3.81. The van der Waals surface area contributed by atoms with Crippen molar-refractivity contribution in [2.45, 2.75) is 5.50 Å². The van der Waals surface area contributed by atoms with Crippen LogP contribution in [0.15, 0.2) is 52.6 Å². The lowest BCUT2D eigenvalue weighted by molar-refractivity contribution is 1.08. The lowest BCUT2D eigenvalue weighted by Gasteiger charge is -2.14. The van der Waals surface area contributed by atoms with E-state index in [9.17, 15) is 0 Å². The highest BCUT2D eigenvalue weighted by Gasteiger charge is 2.18. The molecule has 130 valence electrons. The lowest BCUT2D eigenvalue weighted by Crippen LogP contribution is -2.10. The monoisotopic (exact) mass is 420 g/mol. The third-order valence-electron chi connectivity index (χ3n) is 3.66. The summed E-state index contributed by atoms with van der Waals surface area (Å²) in [5.74, 6) is 0. The highest BCUT2D eigenvalue weighted by atomic mass is 35.5. The number of allylic oxidation sites excluding steroid dienone is 1. The van der Waals surface area contributed by atoms with Crippen molar-refractivity contribution in [3.63, 3.8) is 0 Å². The van der Waals surface area contributed by atoms with Gasteiger partial charge in [0, 0.05) is 28.5 Å². The Morgan fingerprint density at radius 2 is 1.69 bits per heavy atom. The predicted octanol–water partition coefficient (Wildman–Crippen LogP) is 6.14. The van der Waals surface area contributed by atoms with Gasteiger partial charge in [0.25, 0.3) is 0 Å². The minimum absolute atomic E-state index is 0.210. The number of halogens is 3. The number of aliphatic imine (C=N–C) groups is 1. The number of hydrogen-bond donors (Lipinski definition) is 1. The van der Waals surface area contributed by atoms with Crippen molar-refractivity contribution >= 4 is 75.6 Å². The summed E-state index contributed by atoms with van der Waals surface area (Å²) in [7, 11) is 0. The van der Waals surface area contributed by atoms with Gasteiger partial charge < -0.3 is 5.32 Å². The van der Waals surface area contributed by atoms with Crippen molar-refractivity contribution in [1.82, 2.24) is 9.97 Å². The van der Waals surface area contributed by atoms with Gasteiger partial charge >= 0.3 is 0 Å². The highest BCUT2D eigenvalue weighted by molar-refractivity contribution is 8.05. The molecule has 1 aliphatic rings. The van der Waals surface area contributed by atoms with Crippen LogP contribution < -0.4 is 5.32 Å². The van der Waals surface area contributed by atoms with Gasteiger partial charge in [0.2, 0.25) is 0 Å². The zero-order chi connectivity index (χ0) is 18.1. The van der Waals surface area contributed by atoms with Crippen LogP contribution >= 0.6 is 46.6 Å². The van der Waals surface area contributed by atoms with E-state index >= 15 is 0 Å². The van der Waals surface area contributed by atoms with Gasteiger partial charge in [0.05, 0.1) is 26.8 Å². The molecule has 8 heteroatoms. The number of anilines is 1. The number of fused-ring (bicyclic) bond motifs is 1. The van der Waals surface area contributed by atoms with Crippen molar-refractivity contribution in [2.24, 2.45) is 4.99 Å². The Labute approximate surface area is 169 Å². The Morgan fingerprint density at radius 1 is 0.962 bits per heavy atom. The molecule has 1 N–H and O–H groups in total. The van der Waals surface area contributed by atoms with Crippen LogP contribution in [0.4, 0.5) is 5.69 Å². The Bertz CT molecular complexity index is 1030. The number of benzene rings is 2. The zero-order valence-corrected chi connectivity index (χ0v) is 16.2. The summed E-state index contributed by atoms with van der Waals surface area (Å²) in [5.41, 5.74) is 3.17. The SMILES string of the molecule is Clc1cc(Cl)c(NC2N=C/C(=C/c3ccc4nccnc4c3)S2)c(Cl)c1. The zero-order valence-electron chi connectivity index (χ0n) is 13.2. The van der Waals surface area contributed by atoms with Gasteiger partial charge in [0.15, 0.2) is 5.50 Å². The summed E-state index contributed by atoms with van der Waals surface area (Å²) in [5, 5.41) is 4.65. The molecule has 3 aromatic rings. The van der Waals surface area contributed by atoms with E-state index in [-0.39, 0.29) is 5.50 Å². The fourth-order valence-electron chi connectivity index (χ4n) is 2.51. The smallest absolute Gasteiger partial charge is 0.171 e. The van der Waals surface area contributed by atoms with Gasteiger partial charge in [-0.1, -0.05) is 52.6 Å². The molecule has 0 fully saturated rings. The Kier molecular flexibility index (Phi) is 5.05. The van der Waals surface area contributed by atoms with Crippen molar-refractivity contribution < 1.29 is 0 Å². The standard InChI is InChI=1S/C18H11Cl3N4S/c19-11-7-13(20)17(14(21)8-11)25-18-24-9-12(26-18)5-10-1-2-15-16(6-10)23-4-3-22-15/h1-9,18,25H/b12-5-. The van der Waals surface area contributed by atoms with Crippen LogP contribution in [0.5, 0.6) is 0 Å². The molecule has 1 aliphatic heterocycles. The average Bonchev–Trinajstić information content (AvgIpc) is 3.05. The minimum atomic E-state index is -0.210. The Hall–Kier alpha value is -1.79. The van der Waals surface area contributed by atoms with Crippen LogP contribution in [0.2, 0.25) is 15.1 Å². The van der Waals surface area contributed by atoms with Gasteiger partial charge in [-0.05, 0) is 35.9 Å². The second kappa shape index (κ2) is 7.45. The van der Waals surface area contributed by atoms with Crippen molar-refractivity contribution in [1.29, 1.82) is 0 Å². The highest BCUT2D eigenvalue weighted by Crippen LogP contribution is 2.37. The summed E-state index contributed by atoms with van der Waals surface area (Å²) in [6.45, 7) is 0. The maximum Gasteiger partial charge on any atom is 0.171 e. The molecule has 0 saturated carbocycles. The number of nitrogens with one attached hydrogen (secondary N) is 1. The first-order chi connectivity index (χ1) is 12.6. The van der Waals surface area contributed by atoms with E-state index in [0.717, 1.165) is 21.5 Å². The Balaban J connectivity index is 1.51. The van der Waals surface area contributed by atoms with E-state index in [1.165, 1.54) is 0 Å². The molecule has 2 heterocycles. The largest absolute Gasteiger partial charge is 0.353 e. The molecular formula is C18H11Cl3N4S. The molecule has 0 bridgehead atoms. The summed E-state index contributed by atoms with van der Waals surface area (Å²) in [6, 6.07) is 9.25. The van der Waals surface area contributed by atoms with E-state index in [2.05, 4.69) is 26.4 Å². The molecule has 0 spiro atoms.